The van der Waals surface area contributed by atoms with E-state index in [1.165, 1.54) is 83.5 Å². The Morgan fingerprint density at radius 1 is 0.533 bits per heavy atom. The summed E-state index contributed by atoms with van der Waals surface area (Å²) in [5.41, 5.74) is 0. The van der Waals surface area contributed by atoms with Gasteiger partial charge in [-0.3, -0.25) is 4.79 Å². The molecule has 4 unspecified atom stereocenters. The molecule has 0 aromatic rings. The maximum absolute atomic E-state index is 12.4. The van der Waals surface area contributed by atoms with Gasteiger partial charge in [-0.05, 0) is 77.0 Å². The monoisotopic (exact) mass is 636 g/mol. The van der Waals surface area contributed by atoms with Crippen LogP contribution in [0, 0.1) is 0 Å². The summed E-state index contributed by atoms with van der Waals surface area (Å²) in [6.07, 6.45) is 37.4. The second-order valence-electron chi connectivity index (χ2n) is 12.9. The maximum atomic E-state index is 12.4. The molecule has 0 aromatic carbocycles. The van der Waals surface area contributed by atoms with Crippen molar-refractivity contribution in [2.75, 3.05) is 6.61 Å². The molecular weight excluding hydrogens is 562 g/mol. The molecule has 0 aromatic heterocycles. The summed E-state index contributed by atoms with van der Waals surface area (Å²) in [7, 11) is 0. The average molecular weight is 636 g/mol. The SMILES string of the molecule is CCCCC/C=C\CCCCCCC(O)C(=O)NC(CO)C(O)C(O)CCC/C=C/CC/C=C/CCCCCCCCCCC. The summed E-state index contributed by atoms with van der Waals surface area (Å²) in [5.74, 6) is -0.611. The highest BCUT2D eigenvalue weighted by Crippen LogP contribution is 2.13. The number of hydrogen-bond acceptors (Lipinski definition) is 5. The van der Waals surface area contributed by atoms with E-state index >= 15 is 0 Å². The number of hydrogen-bond donors (Lipinski definition) is 5. The van der Waals surface area contributed by atoms with E-state index in [9.17, 15) is 25.2 Å². The first kappa shape index (κ1) is 43.5. The van der Waals surface area contributed by atoms with Crippen molar-refractivity contribution >= 4 is 5.91 Å². The molecule has 0 aliphatic heterocycles. The summed E-state index contributed by atoms with van der Waals surface area (Å²) in [6, 6.07) is -1.01. The number of rotatable bonds is 33. The molecule has 5 N–H and O–H groups in total. The van der Waals surface area contributed by atoms with Crippen LogP contribution in [0.5, 0.6) is 0 Å². The van der Waals surface area contributed by atoms with Gasteiger partial charge in [-0.2, -0.15) is 0 Å². The first-order valence-corrected chi connectivity index (χ1v) is 18.9. The molecule has 0 aliphatic rings. The number of carbonyl (C=O) groups excluding carboxylic acids is 1. The van der Waals surface area contributed by atoms with Gasteiger partial charge in [-0.1, -0.05) is 134 Å². The largest absolute Gasteiger partial charge is 0.394 e. The average Bonchev–Trinajstić information content (AvgIpc) is 3.04. The lowest BCUT2D eigenvalue weighted by atomic mass is 10.00. The van der Waals surface area contributed by atoms with Gasteiger partial charge < -0.3 is 25.7 Å². The number of allylic oxidation sites excluding steroid dienone is 6. The fourth-order valence-corrected chi connectivity index (χ4v) is 5.47. The Balaban J connectivity index is 3.90. The van der Waals surface area contributed by atoms with E-state index in [2.05, 4.69) is 55.6 Å². The third kappa shape index (κ3) is 28.5. The second kappa shape index (κ2) is 33.9. The fourth-order valence-electron chi connectivity index (χ4n) is 5.47. The molecule has 0 bridgehead atoms. The quantitative estimate of drug-likeness (QED) is 0.0365. The van der Waals surface area contributed by atoms with Gasteiger partial charge in [0.15, 0.2) is 0 Å². The Hall–Kier alpha value is -1.47. The standard InChI is InChI=1S/C39H73NO5/c1-3-5-7-9-11-13-15-16-17-18-19-20-21-23-24-26-28-30-32-36(42)38(44)35(34-41)40-39(45)37(43)33-31-29-27-25-22-14-12-10-8-6-4-2/h12,14,19-20,24,26,35-38,41-44H,3-11,13,15-18,21-23,25,27-34H2,1-2H3,(H,40,45)/b14-12-,20-19+,26-24+. The van der Waals surface area contributed by atoms with E-state index in [1.54, 1.807) is 0 Å². The lowest BCUT2D eigenvalue weighted by Gasteiger charge is -2.27. The van der Waals surface area contributed by atoms with Gasteiger partial charge in [-0.15, -0.1) is 0 Å². The second-order valence-corrected chi connectivity index (χ2v) is 12.9. The summed E-state index contributed by atoms with van der Waals surface area (Å²) in [5, 5.41) is 43.3. The van der Waals surface area contributed by atoms with Crippen LogP contribution in [0.3, 0.4) is 0 Å². The molecule has 0 rings (SSSR count). The number of unbranched alkanes of at least 4 members (excludes halogenated alkanes) is 18. The van der Waals surface area contributed by atoms with Crippen molar-refractivity contribution in [1.29, 1.82) is 0 Å². The zero-order valence-electron chi connectivity index (χ0n) is 29.4. The molecule has 0 aliphatic carbocycles. The van der Waals surface area contributed by atoms with Gasteiger partial charge in [0.25, 0.3) is 0 Å². The van der Waals surface area contributed by atoms with Gasteiger partial charge in [0, 0.05) is 0 Å². The molecule has 0 saturated carbocycles. The Labute approximate surface area is 277 Å². The summed E-state index contributed by atoms with van der Waals surface area (Å²) < 4.78 is 0. The molecule has 45 heavy (non-hydrogen) atoms. The number of aliphatic hydroxyl groups excluding tert-OH is 4. The normalized spacial score (nSPS) is 14.9. The van der Waals surface area contributed by atoms with Crippen LogP contribution >= 0.6 is 0 Å². The molecule has 264 valence electrons. The smallest absolute Gasteiger partial charge is 0.249 e. The predicted molar refractivity (Wildman–Crippen MR) is 191 cm³/mol. The molecule has 4 atom stereocenters. The zero-order valence-corrected chi connectivity index (χ0v) is 29.4. The lowest BCUT2D eigenvalue weighted by molar-refractivity contribution is -0.132. The van der Waals surface area contributed by atoms with Crippen molar-refractivity contribution < 1.29 is 25.2 Å². The number of nitrogens with one attached hydrogen (secondary N) is 1. The summed E-state index contributed by atoms with van der Waals surface area (Å²) in [4.78, 5) is 12.4. The topological polar surface area (TPSA) is 110 Å². The minimum atomic E-state index is -1.29. The summed E-state index contributed by atoms with van der Waals surface area (Å²) in [6.45, 7) is 3.97. The Morgan fingerprint density at radius 2 is 0.933 bits per heavy atom. The molecule has 0 spiro atoms. The van der Waals surface area contributed by atoms with E-state index in [0.717, 1.165) is 57.8 Å². The lowest BCUT2D eigenvalue weighted by Crippen LogP contribution is -2.53. The first-order valence-electron chi connectivity index (χ1n) is 18.9. The van der Waals surface area contributed by atoms with Crippen molar-refractivity contribution in [3.05, 3.63) is 36.5 Å². The first-order chi connectivity index (χ1) is 22.0. The van der Waals surface area contributed by atoms with E-state index in [4.69, 9.17) is 0 Å². The molecule has 0 saturated heterocycles. The maximum Gasteiger partial charge on any atom is 0.249 e. The van der Waals surface area contributed by atoms with Crippen molar-refractivity contribution in [3.63, 3.8) is 0 Å². The molecule has 0 heterocycles. The Kier molecular flexibility index (Phi) is 32.8. The molecule has 1 amide bonds. The van der Waals surface area contributed by atoms with Crippen molar-refractivity contribution in [2.24, 2.45) is 0 Å². The van der Waals surface area contributed by atoms with Crippen LogP contribution in [-0.4, -0.2) is 57.3 Å². The van der Waals surface area contributed by atoms with Gasteiger partial charge in [0.2, 0.25) is 5.91 Å². The zero-order chi connectivity index (χ0) is 33.2. The van der Waals surface area contributed by atoms with Crippen LogP contribution < -0.4 is 5.32 Å². The molecule has 6 heteroatoms. The fraction of sp³-hybridized carbons (Fsp3) is 0.821. The van der Waals surface area contributed by atoms with Crippen LogP contribution in [0.4, 0.5) is 0 Å². The van der Waals surface area contributed by atoms with E-state index in [1.807, 2.05) is 0 Å². The third-order valence-corrected chi connectivity index (χ3v) is 8.55. The molecular formula is C39H73NO5. The van der Waals surface area contributed by atoms with Crippen LogP contribution in [0.25, 0.3) is 0 Å². The Bertz CT molecular complexity index is 722. The summed E-state index contributed by atoms with van der Waals surface area (Å²) >= 11 is 0. The molecule has 6 nitrogen and oxygen atoms in total. The van der Waals surface area contributed by atoms with Crippen LogP contribution in [-0.2, 0) is 4.79 Å². The molecule has 0 radical (unpaired) electrons. The number of carbonyl (C=O) groups is 1. The van der Waals surface area contributed by atoms with Crippen LogP contribution in [0.2, 0.25) is 0 Å². The van der Waals surface area contributed by atoms with E-state index in [0.29, 0.717) is 19.3 Å². The van der Waals surface area contributed by atoms with Gasteiger partial charge >= 0.3 is 0 Å². The van der Waals surface area contributed by atoms with Crippen LogP contribution in [0.1, 0.15) is 174 Å². The molecule has 0 fully saturated rings. The minimum Gasteiger partial charge on any atom is -0.394 e. The highest BCUT2D eigenvalue weighted by Gasteiger charge is 2.28. The van der Waals surface area contributed by atoms with Gasteiger partial charge in [-0.25, -0.2) is 0 Å². The highest BCUT2D eigenvalue weighted by atomic mass is 16.3. The Morgan fingerprint density at radius 3 is 1.44 bits per heavy atom. The third-order valence-electron chi connectivity index (χ3n) is 8.55. The van der Waals surface area contributed by atoms with Gasteiger partial charge in [0.1, 0.15) is 12.2 Å². The van der Waals surface area contributed by atoms with E-state index < -0.39 is 36.9 Å². The predicted octanol–water partition coefficient (Wildman–Crippen LogP) is 9.01. The van der Waals surface area contributed by atoms with Crippen molar-refractivity contribution in [3.8, 4) is 0 Å². The van der Waals surface area contributed by atoms with Crippen molar-refractivity contribution in [2.45, 2.75) is 199 Å². The van der Waals surface area contributed by atoms with Crippen LogP contribution in [0.15, 0.2) is 36.5 Å². The van der Waals surface area contributed by atoms with E-state index in [-0.39, 0.29) is 0 Å². The highest BCUT2D eigenvalue weighted by molar-refractivity contribution is 5.80. The number of aliphatic hydroxyl groups is 4. The van der Waals surface area contributed by atoms with Gasteiger partial charge in [0.05, 0.1) is 18.8 Å². The van der Waals surface area contributed by atoms with Crippen molar-refractivity contribution in [1.82, 2.24) is 5.32 Å². The minimum absolute atomic E-state index is 0.344. The number of amides is 1.